The first-order valence-corrected chi connectivity index (χ1v) is 8.85. The van der Waals surface area contributed by atoms with E-state index in [4.69, 9.17) is 0 Å². The largest absolute Gasteiger partial charge is 0.321 e. The van der Waals surface area contributed by atoms with E-state index in [0.717, 1.165) is 21.3 Å². The van der Waals surface area contributed by atoms with Crippen LogP contribution < -0.4 is 5.32 Å². The fourth-order valence-electron chi connectivity index (χ4n) is 2.09. The predicted molar refractivity (Wildman–Crippen MR) is 98.4 cm³/mol. The highest BCUT2D eigenvalue weighted by atomic mass is 79.9. The zero-order valence-corrected chi connectivity index (χ0v) is 15.6. The van der Waals surface area contributed by atoms with Crippen LogP contribution in [0, 0.1) is 6.92 Å². The van der Waals surface area contributed by atoms with Gasteiger partial charge in [0.25, 0.3) is 5.91 Å². The van der Waals surface area contributed by atoms with E-state index in [-0.39, 0.29) is 5.91 Å². The standard InChI is InChI=1S/C17H15BrN4OS/c1-11-7-9-12(10-8-11)15(23)19-13-5-3-4-6-14(13)24-17-20-16(18)21-22(17)2/h3-10H,1-2H3,(H,19,23). The van der Waals surface area contributed by atoms with Gasteiger partial charge in [-0.25, -0.2) is 4.68 Å². The van der Waals surface area contributed by atoms with Gasteiger partial charge in [0, 0.05) is 17.5 Å². The Hall–Kier alpha value is -2.12. The van der Waals surface area contributed by atoms with Crippen molar-refractivity contribution in [3.05, 3.63) is 64.4 Å². The maximum atomic E-state index is 12.4. The van der Waals surface area contributed by atoms with Crippen LogP contribution in [0.2, 0.25) is 0 Å². The molecule has 0 saturated heterocycles. The summed E-state index contributed by atoms with van der Waals surface area (Å²) in [6, 6.07) is 15.1. The quantitative estimate of drug-likeness (QED) is 0.706. The fraction of sp³-hybridized carbons (Fsp3) is 0.118. The van der Waals surface area contributed by atoms with Crippen LogP contribution in [-0.4, -0.2) is 20.7 Å². The van der Waals surface area contributed by atoms with Crippen molar-refractivity contribution in [2.24, 2.45) is 7.05 Å². The van der Waals surface area contributed by atoms with E-state index < -0.39 is 0 Å². The molecular formula is C17H15BrN4OS. The minimum Gasteiger partial charge on any atom is -0.321 e. The molecule has 0 aliphatic carbocycles. The third-order valence-corrected chi connectivity index (χ3v) is 4.80. The van der Waals surface area contributed by atoms with Gasteiger partial charge in [-0.15, -0.1) is 5.10 Å². The van der Waals surface area contributed by atoms with Crippen LogP contribution in [0.5, 0.6) is 0 Å². The molecule has 0 fully saturated rings. The first-order valence-electron chi connectivity index (χ1n) is 7.24. The Labute approximate surface area is 152 Å². The first kappa shape index (κ1) is 16.7. The molecule has 0 bridgehead atoms. The average Bonchev–Trinajstić information content (AvgIpc) is 2.87. The number of nitrogens with zero attached hydrogens (tertiary/aromatic N) is 3. The molecule has 0 saturated carbocycles. The van der Waals surface area contributed by atoms with Gasteiger partial charge in [-0.2, -0.15) is 4.98 Å². The van der Waals surface area contributed by atoms with E-state index in [1.165, 1.54) is 11.8 Å². The van der Waals surface area contributed by atoms with Gasteiger partial charge in [0.2, 0.25) is 4.73 Å². The number of halogens is 1. The number of carbonyl (C=O) groups excluding carboxylic acids is 1. The van der Waals surface area contributed by atoms with Crippen LogP contribution in [0.25, 0.3) is 0 Å². The van der Waals surface area contributed by atoms with Crippen LogP contribution in [0.3, 0.4) is 0 Å². The number of aryl methyl sites for hydroxylation is 2. The molecule has 1 aromatic heterocycles. The van der Waals surface area contributed by atoms with Crippen molar-refractivity contribution in [2.75, 3.05) is 5.32 Å². The number of hydrogen-bond acceptors (Lipinski definition) is 4. The molecule has 2 aromatic carbocycles. The van der Waals surface area contributed by atoms with Crippen LogP contribution >= 0.6 is 27.7 Å². The van der Waals surface area contributed by atoms with E-state index in [2.05, 4.69) is 31.3 Å². The molecule has 24 heavy (non-hydrogen) atoms. The number of carbonyl (C=O) groups is 1. The molecule has 0 spiro atoms. The highest BCUT2D eigenvalue weighted by Crippen LogP contribution is 2.32. The van der Waals surface area contributed by atoms with Gasteiger partial charge in [-0.05, 0) is 58.9 Å². The number of aromatic nitrogens is 3. The second kappa shape index (κ2) is 7.19. The molecule has 1 heterocycles. The van der Waals surface area contributed by atoms with Crippen LogP contribution in [0.4, 0.5) is 5.69 Å². The Morgan fingerprint density at radius 3 is 2.54 bits per heavy atom. The number of para-hydroxylation sites is 1. The van der Waals surface area contributed by atoms with Gasteiger partial charge in [0.05, 0.1) is 5.69 Å². The Balaban J connectivity index is 1.82. The minimum absolute atomic E-state index is 0.137. The number of rotatable bonds is 4. The Morgan fingerprint density at radius 1 is 1.17 bits per heavy atom. The summed E-state index contributed by atoms with van der Waals surface area (Å²) in [7, 11) is 1.83. The molecule has 0 aliphatic rings. The van der Waals surface area contributed by atoms with Crippen molar-refractivity contribution in [3.63, 3.8) is 0 Å². The third kappa shape index (κ3) is 3.85. The predicted octanol–water partition coefficient (Wildman–Crippen LogP) is 4.29. The first-order chi connectivity index (χ1) is 11.5. The molecule has 0 radical (unpaired) electrons. The Morgan fingerprint density at radius 2 is 1.88 bits per heavy atom. The van der Waals surface area contributed by atoms with Gasteiger partial charge >= 0.3 is 0 Å². The highest BCUT2D eigenvalue weighted by Gasteiger charge is 2.13. The zero-order valence-electron chi connectivity index (χ0n) is 13.2. The molecular weight excluding hydrogens is 388 g/mol. The lowest BCUT2D eigenvalue weighted by Crippen LogP contribution is -2.12. The molecule has 122 valence electrons. The summed E-state index contributed by atoms with van der Waals surface area (Å²) in [6.07, 6.45) is 0. The summed E-state index contributed by atoms with van der Waals surface area (Å²) in [6.45, 7) is 1.99. The molecule has 7 heteroatoms. The van der Waals surface area contributed by atoms with Crippen molar-refractivity contribution >= 4 is 39.3 Å². The summed E-state index contributed by atoms with van der Waals surface area (Å²) < 4.78 is 2.22. The monoisotopic (exact) mass is 402 g/mol. The van der Waals surface area contributed by atoms with Gasteiger partial charge < -0.3 is 5.32 Å². The lowest BCUT2D eigenvalue weighted by atomic mass is 10.1. The van der Waals surface area contributed by atoms with Crippen molar-refractivity contribution < 1.29 is 4.79 Å². The molecule has 0 aliphatic heterocycles. The zero-order chi connectivity index (χ0) is 17.1. The normalized spacial score (nSPS) is 10.6. The van der Waals surface area contributed by atoms with Gasteiger partial charge in [-0.3, -0.25) is 4.79 Å². The van der Waals surface area contributed by atoms with Crippen molar-refractivity contribution in [1.29, 1.82) is 0 Å². The summed E-state index contributed by atoms with van der Waals surface area (Å²) in [5, 5.41) is 7.87. The second-order valence-corrected chi connectivity index (χ2v) is 6.92. The van der Waals surface area contributed by atoms with Crippen molar-refractivity contribution in [1.82, 2.24) is 14.8 Å². The number of anilines is 1. The summed E-state index contributed by atoms with van der Waals surface area (Å²) in [5.41, 5.74) is 2.49. The van der Waals surface area contributed by atoms with Gasteiger partial charge in [-0.1, -0.05) is 29.8 Å². The highest BCUT2D eigenvalue weighted by molar-refractivity contribution is 9.10. The van der Waals surface area contributed by atoms with Gasteiger partial charge in [0.15, 0.2) is 5.16 Å². The summed E-state index contributed by atoms with van der Waals surface area (Å²) >= 11 is 4.71. The van der Waals surface area contributed by atoms with Gasteiger partial charge in [0.1, 0.15) is 0 Å². The summed E-state index contributed by atoms with van der Waals surface area (Å²) in [4.78, 5) is 17.7. The molecule has 1 amide bonds. The molecule has 5 nitrogen and oxygen atoms in total. The van der Waals surface area contributed by atoms with Crippen LogP contribution in [-0.2, 0) is 7.05 Å². The molecule has 1 N–H and O–H groups in total. The topological polar surface area (TPSA) is 59.8 Å². The SMILES string of the molecule is Cc1ccc(C(=O)Nc2ccccc2Sc2nc(Br)nn2C)cc1. The van der Waals surface area contributed by atoms with Crippen LogP contribution in [0.1, 0.15) is 15.9 Å². The third-order valence-electron chi connectivity index (χ3n) is 3.35. The van der Waals surface area contributed by atoms with Crippen molar-refractivity contribution in [3.8, 4) is 0 Å². The number of hydrogen-bond donors (Lipinski definition) is 1. The van der Waals surface area contributed by atoms with E-state index in [1.54, 1.807) is 4.68 Å². The second-order valence-electron chi connectivity index (χ2n) is 5.21. The van der Waals surface area contributed by atoms with E-state index in [0.29, 0.717) is 10.3 Å². The average molecular weight is 403 g/mol. The molecule has 3 aromatic rings. The molecule has 0 unspecified atom stereocenters. The minimum atomic E-state index is -0.137. The van der Waals surface area contributed by atoms with E-state index >= 15 is 0 Å². The lowest BCUT2D eigenvalue weighted by molar-refractivity contribution is 0.102. The number of nitrogens with one attached hydrogen (secondary N) is 1. The van der Waals surface area contributed by atoms with Crippen LogP contribution in [0.15, 0.2) is 63.3 Å². The molecule has 3 rings (SSSR count). The van der Waals surface area contributed by atoms with E-state index in [1.807, 2.05) is 62.5 Å². The Bertz CT molecular complexity index is 877. The molecule has 0 atom stereocenters. The smallest absolute Gasteiger partial charge is 0.255 e. The summed E-state index contributed by atoms with van der Waals surface area (Å²) in [5.74, 6) is -0.137. The van der Waals surface area contributed by atoms with E-state index in [9.17, 15) is 4.79 Å². The number of amides is 1. The fourth-order valence-corrected chi connectivity index (χ4v) is 3.49. The number of benzene rings is 2. The Kier molecular flexibility index (Phi) is 5.01. The lowest BCUT2D eigenvalue weighted by Gasteiger charge is -2.10. The maximum absolute atomic E-state index is 12.4. The van der Waals surface area contributed by atoms with Crippen molar-refractivity contribution in [2.45, 2.75) is 17.0 Å². The maximum Gasteiger partial charge on any atom is 0.255 e.